The molecular weight excluding hydrogens is 257 g/mol. The topological polar surface area (TPSA) is 84.2 Å². The Kier molecular flexibility index (Phi) is 2.58. The Morgan fingerprint density at radius 3 is 2.56 bits per heavy atom. The second kappa shape index (κ2) is 3.91. The van der Waals surface area contributed by atoms with Crippen LogP contribution in [0, 0.1) is 17.7 Å². The van der Waals surface area contributed by atoms with Gasteiger partial charge < -0.3 is 10.6 Å². The van der Waals surface area contributed by atoms with E-state index in [-0.39, 0.29) is 4.90 Å². The summed E-state index contributed by atoms with van der Waals surface area (Å²) in [5, 5.41) is 11.3. The van der Waals surface area contributed by atoms with Crippen LogP contribution in [0.2, 0.25) is 0 Å². The molecule has 7 heteroatoms. The third-order valence-corrected chi connectivity index (χ3v) is 4.59. The predicted molar refractivity (Wildman–Crippen MR) is 65.0 cm³/mol. The van der Waals surface area contributed by atoms with Gasteiger partial charge in [-0.15, -0.1) is 0 Å². The van der Waals surface area contributed by atoms with E-state index in [0.29, 0.717) is 23.6 Å². The lowest BCUT2D eigenvalue weighted by molar-refractivity contribution is 0.592. The maximum Gasteiger partial charge on any atom is 0.238 e. The fourth-order valence-corrected chi connectivity index (χ4v) is 3.13. The lowest BCUT2D eigenvalue weighted by Gasteiger charge is -2.10. The Morgan fingerprint density at radius 2 is 2.00 bits per heavy atom. The Hall–Kier alpha value is -1.18. The quantitative estimate of drug-likeness (QED) is 0.728. The number of primary sulfonamides is 1. The van der Waals surface area contributed by atoms with Crippen molar-refractivity contribution in [2.24, 2.45) is 17.0 Å². The van der Waals surface area contributed by atoms with Gasteiger partial charge in [-0.2, -0.15) is 0 Å². The third-order valence-electron chi connectivity index (χ3n) is 3.68. The number of rotatable bonds is 3. The van der Waals surface area contributed by atoms with Crippen LogP contribution >= 0.6 is 0 Å². The SMILES string of the molecule is NS(=O)(=O)c1ccc(NC2C3CNCC32)c(F)c1. The summed E-state index contributed by atoms with van der Waals surface area (Å²) < 4.78 is 35.9. The van der Waals surface area contributed by atoms with E-state index in [1.807, 2.05) is 0 Å². The molecule has 98 valence electrons. The summed E-state index contributed by atoms with van der Waals surface area (Å²) in [6.45, 7) is 1.92. The molecule has 0 radical (unpaired) electrons. The van der Waals surface area contributed by atoms with Crippen molar-refractivity contribution < 1.29 is 12.8 Å². The van der Waals surface area contributed by atoms with E-state index in [9.17, 15) is 12.8 Å². The molecule has 1 saturated carbocycles. The van der Waals surface area contributed by atoms with Gasteiger partial charge in [0.05, 0.1) is 10.6 Å². The van der Waals surface area contributed by atoms with Gasteiger partial charge in [0.25, 0.3) is 0 Å². The number of benzene rings is 1. The second-order valence-electron chi connectivity index (χ2n) is 4.84. The van der Waals surface area contributed by atoms with Gasteiger partial charge >= 0.3 is 0 Å². The lowest BCUT2D eigenvalue weighted by atomic mass is 10.3. The van der Waals surface area contributed by atoms with E-state index in [1.165, 1.54) is 12.1 Å². The molecule has 0 spiro atoms. The number of hydrogen-bond acceptors (Lipinski definition) is 4. The summed E-state index contributed by atoms with van der Waals surface area (Å²) in [7, 11) is -3.85. The fourth-order valence-electron chi connectivity index (χ4n) is 2.60. The smallest absolute Gasteiger partial charge is 0.238 e. The van der Waals surface area contributed by atoms with Crippen LogP contribution in [0.5, 0.6) is 0 Å². The molecule has 2 atom stereocenters. The van der Waals surface area contributed by atoms with Crippen molar-refractivity contribution >= 4 is 15.7 Å². The molecule has 18 heavy (non-hydrogen) atoms. The molecule has 0 aromatic heterocycles. The van der Waals surface area contributed by atoms with Gasteiger partial charge in [-0.3, -0.25) is 0 Å². The van der Waals surface area contributed by atoms with Gasteiger partial charge in [0.1, 0.15) is 5.82 Å². The van der Waals surface area contributed by atoms with Crippen LogP contribution in [0.4, 0.5) is 10.1 Å². The zero-order valence-corrected chi connectivity index (χ0v) is 10.4. The van der Waals surface area contributed by atoms with E-state index in [2.05, 4.69) is 10.6 Å². The first-order valence-corrected chi connectivity index (χ1v) is 7.31. The highest BCUT2D eigenvalue weighted by atomic mass is 32.2. The van der Waals surface area contributed by atoms with Gasteiger partial charge in [0, 0.05) is 19.1 Å². The van der Waals surface area contributed by atoms with Crippen molar-refractivity contribution in [3.8, 4) is 0 Å². The first kappa shape index (κ1) is 11.9. The maximum absolute atomic E-state index is 13.7. The van der Waals surface area contributed by atoms with Crippen molar-refractivity contribution in [2.45, 2.75) is 10.9 Å². The molecule has 2 aliphatic rings. The summed E-state index contributed by atoms with van der Waals surface area (Å²) >= 11 is 0. The number of sulfonamides is 1. The Balaban J connectivity index is 1.78. The standard InChI is InChI=1S/C11H14FN3O2S/c12-9-3-6(18(13,16)17)1-2-10(9)15-11-7-4-14-5-8(7)11/h1-3,7-8,11,14-15H,4-5H2,(H2,13,16,17). The molecule has 1 aromatic carbocycles. The number of halogens is 1. The first-order chi connectivity index (χ1) is 8.47. The van der Waals surface area contributed by atoms with Gasteiger partial charge in [-0.25, -0.2) is 17.9 Å². The molecule has 2 unspecified atom stereocenters. The van der Waals surface area contributed by atoms with E-state index >= 15 is 0 Å². The average Bonchev–Trinajstić information content (AvgIpc) is 2.73. The molecule has 1 heterocycles. The Morgan fingerprint density at radius 1 is 1.33 bits per heavy atom. The third kappa shape index (κ3) is 1.98. The second-order valence-corrected chi connectivity index (χ2v) is 6.40. The number of hydrogen-bond donors (Lipinski definition) is 3. The fraction of sp³-hybridized carbons (Fsp3) is 0.455. The highest BCUT2D eigenvalue weighted by Gasteiger charge is 2.53. The van der Waals surface area contributed by atoms with Crippen molar-refractivity contribution in [3.63, 3.8) is 0 Å². The minimum absolute atomic E-state index is 0.205. The van der Waals surface area contributed by atoms with Crippen LogP contribution in [0.25, 0.3) is 0 Å². The maximum atomic E-state index is 13.7. The van der Waals surface area contributed by atoms with Gasteiger partial charge in [-0.05, 0) is 30.0 Å². The number of nitrogens with one attached hydrogen (secondary N) is 2. The largest absolute Gasteiger partial charge is 0.379 e. The van der Waals surface area contributed by atoms with Crippen molar-refractivity contribution in [2.75, 3.05) is 18.4 Å². The molecule has 1 aliphatic heterocycles. The summed E-state index contributed by atoms with van der Waals surface area (Å²) in [4.78, 5) is -0.205. The number of piperidine rings is 1. The molecule has 3 rings (SSSR count). The van der Waals surface area contributed by atoms with Crippen LogP contribution in [-0.4, -0.2) is 27.5 Å². The molecule has 5 nitrogen and oxygen atoms in total. The summed E-state index contributed by atoms with van der Waals surface area (Å²) in [6.07, 6.45) is 0. The molecule has 1 saturated heterocycles. The van der Waals surface area contributed by atoms with E-state index < -0.39 is 15.8 Å². The van der Waals surface area contributed by atoms with Crippen molar-refractivity contribution in [1.29, 1.82) is 0 Å². The molecular formula is C11H14FN3O2S. The molecule has 0 bridgehead atoms. The summed E-state index contributed by atoms with van der Waals surface area (Å²) in [5.41, 5.74) is 0.335. The Labute approximate surface area is 105 Å². The van der Waals surface area contributed by atoms with Crippen LogP contribution in [0.3, 0.4) is 0 Å². The number of nitrogens with two attached hydrogens (primary N) is 1. The van der Waals surface area contributed by atoms with Crippen LogP contribution in [0.15, 0.2) is 23.1 Å². The zero-order chi connectivity index (χ0) is 12.9. The normalized spacial score (nSPS) is 30.0. The predicted octanol–water partition coefficient (Wildman–Crippen LogP) is 0.103. The molecule has 1 aromatic rings. The molecule has 1 aliphatic carbocycles. The lowest BCUT2D eigenvalue weighted by Crippen LogP contribution is -2.22. The van der Waals surface area contributed by atoms with Gasteiger partial charge in [-0.1, -0.05) is 0 Å². The van der Waals surface area contributed by atoms with Crippen LogP contribution in [-0.2, 0) is 10.0 Å². The molecule has 0 amide bonds. The van der Waals surface area contributed by atoms with Gasteiger partial charge in [0.15, 0.2) is 0 Å². The van der Waals surface area contributed by atoms with E-state index in [4.69, 9.17) is 5.14 Å². The minimum atomic E-state index is -3.85. The minimum Gasteiger partial charge on any atom is -0.379 e. The monoisotopic (exact) mass is 271 g/mol. The Bertz CT molecular complexity index is 580. The van der Waals surface area contributed by atoms with Crippen LogP contribution in [0.1, 0.15) is 0 Å². The summed E-state index contributed by atoms with van der Waals surface area (Å²) in [6, 6.07) is 3.99. The van der Waals surface area contributed by atoms with Crippen LogP contribution < -0.4 is 15.8 Å². The van der Waals surface area contributed by atoms with Gasteiger partial charge in [0.2, 0.25) is 10.0 Å². The number of anilines is 1. The first-order valence-electron chi connectivity index (χ1n) is 5.76. The number of fused-ring (bicyclic) bond motifs is 1. The van der Waals surface area contributed by atoms with E-state index in [1.54, 1.807) is 0 Å². The molecule has 4 N–H and O–H groups in total. The van der Waals surface area contributed by atoms with Crippen molar-refractivity contribution in [1.82, 2.24) is 5.32 Å². The van der Waals surface area contributed by atoms with Crippen molar-refractivity contribution in [3.05, 3.63) is 24.0 Å². The highest BCUT2D eigenvalue weighted by Crippen LogP contribution is 2.44. The average molecular weight is 271 g/mol. The zero-order valence-electron chi connectivity index (χ0n) is 9.56. The van der Waals surface area contributed by atoms with E-state index in [0.717, 1.165) is 19.2 Å². The summed E-state index contributed by atoms with van der Waals surface area (Å²) in [5.74, 6) is 0.532. The highest BCUT2D eigenvalue weighted by molar-refractivity contribution is 7.89. The molecule has 2 fully saturated rings.